The van der Waals surface area contributed by atoms with Crippen LogP contribution >= 0.6 is 0 Å². The first-order valence-electron chi connectivity index (χ1n) is 12.3. The lowest BCUT2D eigenvalue weighted by Crippen LogP contribution is -2.47. The van der Waals surface area contributed by atoms with Gasteiger partial charge in [0.15, 0.2) is 23.6 Å². The van der Waals surface area contributed by atoms with Crippen molar-refractivity contribution in [2.24, 2.45) is 5.92 Å². The molecule has 232 valence electrons. The van der Waals surface area contributed by atoms with E-state index in [0.717, 1.165) is 18.2 Å². The molecule has 0 N–H and O–H groups in total. The lowest BCUT2D eigenvalue weighted by atomic mass is 10.0. The van der Waals surface area contributed by atoms with Crippen LogP contribution in [0.25, 0.3) is 11.1 Å². The third-order valence-corrected chi connectivity index (χ3v) is 6.09. The Balaban J connectivity index is 1.49. The monoisotopic (exact) mass is 626 g/mol. The molecule has 0 aromatic heterocycles. The van der Waals surface area contributed by atoms with E-state index in [2.05, 4.69) is 14.2 Å². The zero-order chi connectivity index (χ0) is 31.5. The van der Waals surface area contributed by atoms with Gasteiger partial charge in [0.05, 0.1) is 18.8 Å². The maximum absolute atomic E-state index is 14.8. The van der Waals surface area contributed by atoms with Crippen LogP contribution in [-0.2, 0) is 15.6 Å². The topological polar surface area (TPSA) is 46.2 Å². The molecule has 15 heteroatoms. The Kier molecular flexibility index (Phi) is 9.44. The van der Waals surface area contributed by atoms with Crippen LogP contribution in [0, 0.1) is 29.2 Å². The van der Waals surface area contributed by atoms with Gasteiger partial charge in [0, 0.05) is 29.7 Å². The molecule has 0 atom stereocenters. The molecule has 0 radical (unpaired) electrons. The third kappa shape index (κ3) is 7.51. The van der Waals surface area contributed by atoms with E-state index in [1.54, 1.807) is 0 Å². The molecular formula is C28H20F10O5. The second-order valence-electron chi connectivity index (χ2n) is 9.13. The molecule has 0 spiro atoms. The van der Waals surface area contributed by atoms with Gasteiger partial charge < -0.3 is 23.7 Å². The summed E-state index contributed by atoms with van der Waals surface area (Å²) in [5.74, 6) is -9.33. The van der Waals surface area contributed by atoms with Crippen molar-refractivity contribution < 1.29 is 67.6 Å². The van der Waals surface area contributed by atoms with Crippen LogP contribution in [0.1, 0.15) is 18.9 Å². The summed E-state index contributed by atoms with van der Waals surface area (Å²) in [6, 6.07) is 4.68. The van der Waals surface area contributed by atoms with Gasteiger partial charge in [0.25, 0.3) is 6.29 Å². The molecule has 1 aliphatic heterocycles. The number of hydrogen-bond donors (Lipinski definition) is 0. The van der Waals surface area contributed by atoms with Gasteiger partial charge in [0.2, 0.25) is 0 Å². The van der Waals surface area contributed by atoms with Gasteiger partial charge in [-0.1, -0.05) is 13.0 Å². The minimum absolute atomic E-state index is 0.00974. The molecule has 43 heavy (non-hydrogen) atoms. The Hall–Kier alpha value is -3.98. The van der Waals surface area contributed by atoms with E-state index in [1.807, 2.05) is 6.92 Å². The third-order valence-electron chi connectivity index (χ3n) is 6.09. The summed E-state index contributed by atoms with van der Waals surface area (Å²) in [6.07, 6.45) is -12.6. The number of alkyl halides is 4. The maximum atomic E-state index is 14.8. The van der Waals surface area contributed by atoms with Crippen LogP contribution in [0.2, 0.25) is 0 Å². The summed E-state index contributed by atoms with van der Waals surface area (Å²) in [5.41, 5.74) is -2.08. The van der Waals surface area contributed by atoms with E-state index in [1.165, 1.54) is 0 Å². The lowest BCUT2D eigenvalue weighted by molar-refractivity contribution is -0.351. The van der Waals surface area contributed by atoms with Gasteiger partial charge in [-0.15, -0.1) is 0 Å². The summed E-state index contributed by atoms with van der Waals surface area (Å²) >= 11 is 0. The molecule has 0 saturated carbocycles. The Morgan fingerprint density at radius 3 is 2.00 bits per heavy atom. The fourth-order valence-electron chi connectivity index (χ4n) is 3.90. The second-order valence-corrected chi connectivity index (χ2v) is 9.13. The van der Waals surface area contributed by atoms with Crippen molar-refractivity contribution in [3.8, 4) is 28.4 Å². The first-order chi connectivity index (χ1) is 20.2. The summed E-state index contributed by atoms with van der Waals surface area (Å²) < 4.78 is 163. The van der Waals surface area contributed by atoms with Gasteiger partial charge in [-0.2, -0.15) is 26.3 Å². The predicted molar refractivity (Wildman–Crippen MR) is 129 cm³/mol. The molecule has 0 aliphatic carbocycles. The second kappa shape index (κ2) is 12.7. The van der Waals surface area contributed by atoms with E-state index in [9.17, 15) is 43.9 Å². The maximum Gasteiger partial charge on any atom is 0.451 e. The molecule has 3 aromatic rings. The van der Waals surface area contributed by atoms with E-state index in [4.69, 9.17) is 9.47 Å². The molecule has 0 bridgehead atoms. The molecule has 1 fully saturated rings. The predicted octanol–water partition coefficient (Wildman–Crippen LogP) is 8.53. The van der Waals surface area contributed by atoms with Crippen molar-refractivity contribution in [3.63, 3.8) is 0 Å². The number of ether oxygens (including phenoxy) is 5. The molecule has 5 nitrogen and oxygen atoms in total. The summed E-state index contributed by atoms with van der Waals surface area (Å²) in [5, 5.41) is 0. The summed E-state index contributed by atoms with van der Waals surface area (Å²) in [7, 11) is 0. The van der Waals surface area contributed by atoms with Crippen LogP contribution in [-0.4, -0.2) is 25.6 Å². The standard InChI is InChI=1S/C28H20F10O5/c1-2-14-11-40-26(41-12-14)28(37,38)42-16-4-5-18(20(29)8-16)15-3-6-19(21(30)7-15)27(35,36)43-17-9-22(31)25(23(32)10-17)39-13-24(33)34/h3-10,13-14,26H,2,11-12H2,1H3. The molecule has 0 amide bonds. The highest BCUT2D eigenvalue weighted by Gasteiger charge is 2.47. The summed E-state index contributed by atoms with van der Waals surface area (Å²) in [6.45, 7) is 1.85. The molecule has 1 aliphatic rings. The van der Waals surface area contributed by atoms with E-state index in [0.29, 0.717) is 24.6 Å². The Morgan fingerprint density at radius 2 is 1.44 bits per heavy atom. The minimum Gasteiger partial charge on any atom is -0.453 e. The number of benzene rings is 3. The van der Waals surface area contributed by atoms with Crippen LogP contribution < -0.4 is 14.2 Å². The first-order valence-corrected chi connectivity index (χ1v) is 12.3. The van der Waals surface area contributed by atoms with Crippen molar-refractivity contribution >= 4 is 0 Å². The van der Waals surface area contributed by atoms with E-state index >= 15 is 0 Å². The van der Waals surface area contributed by atoms with Gasteiger partial charge in [-0.25, -0.2) is 17.6 Å². The Morgan fingerprint density at radius 1 is 0.814 bits per heavy atom. The zero-order valence-corrected chi connectivity index (χ0v) is 21.8. The highest BCUT2D eigenvalue weighted by Crippen LogP contribution is 2.38. The Bertz CT molecular complexity index is 1460. The highest BCUT2D eigenvalue weighted by molar-refractivity contribution is 5.65. The van der Waals surface area contributed by atoms with Gasteiger partial charge in [0.1, 0.15) is 23.1 Å². The molecule has 1 heterocycles. The number of halogens is 10. The first kappa shape index (κ1) is 31.9. The van der Waals surface area contributed by atoms with Gasteiger partial charge in [-0.05, 0) is 36.2 Å². The average molecular weight is 626 g/mol. The molecule has 1 saturated heterocycles. The van der Waals surface area contributed by atoms with Crippen LogP contribution in [0.15, 0.2) is 60.9 Å². The van der Waals surface area contributed by atoms with Crippen molar-refractivity contribution in [1.82, 2.24) is 0 Å². The number of rotatable bonds is 10. The molecular weight excluding hydrogens is 606 g/mol. The van der Waals surface area contributed by atoms with Gasteiger partial charge >= 0.3 is 18.3 Å². The molecule has 3 aromatic carbocycles. The van der Waals surface area contributed by atoms with Crippen molar-refractivity contribution in [2.45, 2.75) is 31.9 Å². The fraction of sp³-hybridized carbons (Fsp3) is 0.286. The zero-order valence-electron chi connectivity index (χ0n) is 21.8. The molecule has 0 unspecified atom stereocenters. The SMILES string of the molecule is CCC1COC(C(F)(F)Oc2ccc(-c3ccc(C(F)(F)Oc4cc(F)c(OC=C(F)F)c(F)c4)c(F)c3)c(F)c2)OC1. The quantitative estimate of drug-likeness (QED) is 0.167. The fourth-order valence-corrected chi connectivity index (χ4v) is 3.90. The van der Waals surface area contributed by atoms with E-state index in [-0.39, 0.29) is 48.7 Å². The van der Waals surface area contributed by atoms with Gasteiger partial charge in [-0.3, -0.25) is 0 Å². The van der Waals surface area contributed by atoms with Crippen molar-refractivity contribution in [1.29, 1.82) is 0 Å². The van der Waals surface area contributed by atoms with E-state index < -0.39 is 70.7 Å². The average Bonchev–Trinajstić information content (AvgIpc) is 2.92. The lowest BCUT2D eigenvalue weighted by Gasteiger charge is -2.33. The van der Waals surface area contributed by atoms with Crippen LogP contribution in [0.3, 0.4) is 0 Å². The Labute approximate surface area is 237 Å². The van der Waals surface area contributed by atoms with Crippen LogP contribution in [0.4, 0.5) is 43.9 Å². The van der Waals surface area contributed by atoms with Crippen LogP contribution in [0.5, 0.6) is 17.2 Å². The van der Waals surface area contributed by atoms with Crippen molar-refractivity contribution in [2.75, 3.05) is 13.2 Å². The normalized spacial score (nSPS) is 17.4. The number of hydrogen-bond acceptors (Lipinski definition) is 5. The van der Waals surface area contributed by atoms with Crippen molar-refractivity contribution in [3.05, 3.63) is 89.7 Å². The summed E-state index contributed by atoms with van der Waals surface area (Å²) in [4.78, 5) is 0. The largest absolute Gasteiger partial charge is 0.453 e. The smallest absolute Gasteiger partial charge is 0.451 e. The minimum atomic E-state index is -4.53. The molecule has 4 rings (SSSR count). The highest BCUT2D eigenvalue weighted by atomic mass is 19.3.